The highest BCUT2D eigenvalue weighted by Crippen LogP contribution is 2.48. The smallest absolute Gasteiger partial charge is 0.416 e. The van der Waals surface area contributed by atoms with E-state index in [-0.39, 0.29) is 34.1 Å². The number of nitro groups is 1. The van der Waals surface area contributed by atoms with Crippen molar-refractivity contribution in [2.45, 2.75) is 37.1 Å². The van der Waals surface area contributed by atoms with Gasteiger partial charge in [0.2, 0.25) is 13.0 Å². The van der Waals surface area contributed by atoms with Crippen LogP contribution in [0.2, 0.25) is 0 Å². The molecule has 2 aliphatic rings. The molecular formula is C23H26F3N6O6+. The zero-order valence-electron chi connectivity index (χ0n) is 20.9. The van der Waals surface area contributed by atoms with Gasteiger partial charge in [0, 0.05) is 37.6 Å². The average molecular weight is 539 g/mol. The van der Waals surface area contributed by atoms with Gasteiger partial charge in [-0.05, 0) is 47.1 Å². The Kier molecular flexibility index (Phi) is 7.13. The van der Waals surface area contributed by atoms with Gasteiger partial charge in [0.05, 0.1) is 21.8 Å². The van der Waals surface area contributed by atoms with E-state index in [4.69, 9.17) is 14.2 Å². The van der Waals surface area contributed by atoms with E-state index in [1.807, 2.05) is 0 Å². The molecule has 2 aromatic rings. The van der Waals surface area contributed by atoms with Gasteiger partial charge in [-0.3, -0.25) is 10.1 Å². The average Bonchev–Trinajstić information content (AvgIpc) is 3.30. The number of quaternary nitrogens is 1. The van der Waals surface area contributed by atoms with Crippen molar-refractivity contribution < 1.29 is 42.1 Å². The number of halogens is 3. The molecular weight excluding hydrogens is 513 g/mol. The highest BCUT2D eigenvalue weighted by molar-refractivity contribution is 5.56. The molecule has 2 heterocycles. The fourth-order valence-electron chi connectivity index (χ4n) is 4.66. The summed E-state index contributed by atoms with van der Waals surface area (Å²) in [6, 6.07) is 7.09. The van der Waals surface area contributed by atoms with Crippen LogP contribution in [0.15, 0.2) is 57.9 Å². The molecule has 0 aromatic heterocycles. The monoisotopic (exact) mass is 539 g/mol. The Morgan fingerprint density at radius 1 is 1.24 bits per heavy atom. The van der Waals surface area contributed by atoms with Crippen molar-refractivity contribution in [3.63, 3.8) is 0 Å². The number of non-ortho nitro benzene ring substituents is 1. The third-order valence-electron chi connectivity index (χ3n) is 6.51. The van der Waals surface area contributed by atoms with E-state index in [0.29, 0.717) is 0 Å². The highest BCUT2D eigenvalue weighted by atomic mass is 19.4. The van der Waals surface area contributed by atoms with Crippen LogP contribution in [0.3, 0.4) is 0 Å². The van der Waals surface area contributed by atoms with Crippen molar-refractivity contribution in [2.75, 3.05) is 32.8 Å². The maximum absolute atomic E-state index is 13.3. The quantitative estimate of drug-likeness (QED) is 0.232. The normalized spacial score (nSPS) is 26.3. The Hall–Kier alpha value is -3.66. The molecule has 38 heavy (non-hydrogen) atoms. The molecule has 1 unspecified atom stereocenters. The van der Waals surface area contributed by atoms with Gasteiger partial charge < -0.3 is 24.2 Å². The second kappa shape index (κ2) is 9.90. The lowest BCUT2D eigenvalue weighted by Gasteiger charge is -2.49. The molecule has 2 aromatic carbocycles. The molecule has 4 rings (SSSR count). The molecule has 4 atom stereocenters. The van der Waals surface area contributed by atoms with E-state index < -0.39 is 40.7 Å². The van der Waals surface area contributed by atoms with Gasteiger partial charge in [0.25, 0.3) is 5.69 Å². The van der Waals surface area contributed by atoms with Gasteiger partial charge >= 0.3 is 6.18 Å². The van der Waals surface area contributed by atoms with Crippen LogP contribution in [0, 0.1) is 10.1 Å². The molecule has 12 nitrogen and oxygen atoms in total. The summed E-state index contributed by atoms with van der Waals surface area (Å²) in [6.07, 6.45) is -5.91. The lowest BCUT2D eigenvalue weighted by Crippen LogP contribution is -2.63. The lowest BCUT2D eigenvalue weighted by molar-refractivity contribution is -0.923. The Balaban J connectivity index is 1.92. The fraction of sp³-hybridized carbons (Fsp3) is 0.435. The van der Waals surface area contributed by atoms with Gasteiger partial charge in [-0.15, -0.1) is 0 Å². The van der Waals surface area contributed by atoms with Crippen molar-refractivity contribution in [1.29, 1.82) is 0 Å². The van der Waals surface area contributed by atoms with E-state index in [1.165, 1.54) is 50.9 Å². The lowest BCUT2D eigenvalue weighted by atomic mass is 9.83. The molecule has 0 bridgehead atoms. The first-order chi connectivity index (χ1) is 17.8. The molecule has 0 saturated carbocycles. The minimum Gasteiger partial charge on any atom is -0.479 e. The summed E-state index contributed by atoms with van der Waals surface area (Å²) in [6.45, 7) is 1.43. The molecule has 2 aliphatic heterocycles. The summed E-state index contributed by atoms with van der Waals surface area (Å²) in [4.78, 5) is 12.6. The number of nitrogens with zero attached hydrogens (tertiary/aromatic N) is 6. The number of aliphatic hydroxyl groups excluding tert-OH is 1. The summed E-state index contributed by atoms with van der Waals surface area (Å²) in [5.41, 5.74) is -2.20. The first-order valence-electron chi connectivity index (χ1n) is 11.3. The van der Waals surface area contributed by atoms with Crippen molar-refractivity contribution in [1.82, 2.24) is 0 Å². The number of hydrogen-bond acceptors (Lipinski definition) is 10. The zero-order valence-corrected chi connectivity index (χ0v) is 20.9. The van der Waals surface area contributed by atoms with Crippen LogP contribution in [-0.4, -0.2) is 67.0 Å². The van der Waals surface area contributed by atoms with Crippen molar-refractivity contribution in [3.05, 3.63) is 63.7 Å². The van der Waals surface area contributed by atoms with Crippen LogP contribution in [0.4, 0.5) is 24.5 Å². The first kappa shape index (κ1) is 27.4. The Morgan fingerprint density at radius 3 is 2.42 bits per heavy atom. The molecule has 0 radical (unpaired) electrons. The molecule has 15 heteroatoms. The number of nitro benzene ring substituents is 1. The molecule has 204 valence electrons. The number of rotatable bonds is 8. The summed E-state index contributed by atoms with van der Waals surface area (Å²) in [5.74, 6) is 0.193. The standard InChI is InChI=1S/C23H26F3N6O6/c1-22(21(36-3)37-4)20(33)19(17-11-16(31(34)35)9-10-18(17)38-22)30(13-32(2)28-12-27-29-32)15-7-5-14(6-8-15)23(24,25)26/h5-12,19-21,33H,13H2,1-4H3/q+1/t19-,20+,22+,32?/m1/s1. The predicted octanol–water partition coefficient (Wildman–Crippen LogP) is 4.02. The van der Waals surface area contributed by atoms with Crippen LogP contribution < -0.4 is 9.64 Å². The molecule has 0 saturated heterocycles. The third-order valence-corrected chi connectivity index (χ3v) is 6.51. The minimum atomic E-state index is -4.57. The Bertz CT molecular complexity index is 1240. The summed E-state index contributed by atoms with van der Waals surface area (Å²) in [7, 11) is 4.31. The van der Waals surface area contributed by atoms with Crippen LogP contribution in [0.1, 0.15) is 24.1 Å². The second-order valence-corrected chi connectivity index (χ2v) is 9.14. The maximum Gasteiger partial charge on any atom is 0.416 e. The SMILES string of the molecule is COC(OC)[C@@]1(C)Oc2ccc([N+](=O)[O-])cc2[C@@H](N(C[N+]2(C)N=CN=N2)c2ccc(C(F)(F)F)cc2)[C@@H]1O. The molecule has 0 fully saturated rings. The van der Waals surface area contributed by atoms with Gasteiger partial charge in [-0.25, -0.2) is 0 Å². The first-order valence-corrected chi connectivity index (χ1v) is 11.3. The van der Waals surface area contributed by atoms with E-state index in [2.05, 4.69) is 15.4 Å². The number of hydrogen-bond donors (Lipinski definition) is 1. The topological polar surface area (TPSA) is 131 Å². The fourth-order valence-corrected chi connectivity index (χ4v) is 4.66. The van der Waals surface area contributed by atoms with E-state index in [1.54, 1.807) is 18.9 Å². The second-order valence-electron chi connectivity index (χ2n) is 9.14. The molecule has 0 aliphatic carbocycles. The summed E-state index contributed by atoms with van der Waals surface area (Å²) in [5, 5.41) is 35.4. The number of methoxy groups -OCH3 is 2. The van der Waals surface area contributed by atoms with Crippen LogP contribution in [0.5, 0.6) is 5.75 Å². The number of fused-ring (bicyclic) bond motifs is 1. The summed E-state index contributed by atoms with van der Waals surface area (Å²) >= 11 is 0. The number of anilines is 1. The van der Waals surface area contributed by atoms with Crippen molar-refractivity contribution >= 4 is 17.7 Å². The predicted molar refractivity (Wildman–Crippen MR) is 127 cm³/mol. The third kappa shape index (κ3) is 4.92. The van der Waals surface area contributed by atoms with Gasteiger partial charge in [-0.1, -0.05) is 5.11 Å². The number of benzene rings is 2. The van der Waals surface area contributed by atoms with E-state index >= 15 is 0 Å². The van der Waals surface area contributed by atoms with E-state index in [9.17, 15) is 28.4 Å². The van der Waals surface area contributed by atoms with Crippen molar-refractivity contribution in [3.8, 4) is 5.75 Å². The van der Waals surface area contributed by atoms with Gasteiger partial charge in [0.15, 0.2) is 11.9 Å². The number of ether oxygens (including phenoxy) is 3. The maximum atomic E-state index is 13.3. The van der Waals surface area contributed by atoms with Gasteiger partial charge in [-0.2, -0.15) is 13.2 Å². The molecule has 1 N–H and O–H groups in total. The van der Waals surface area contributed by atoms with Crippen LogP contribution >= 0.6 is 0 Å². The van der Waals surface area contributed by atoms with Gasteiger partial charge in [0.1, 0.15) is 18.9 Å². The van der Waals surface area contributed by atoms with E-state index in [0.717, 1.165) is 12.1 Å². The Morgan fingerprint density at radius 2 is 1.89 bits per heavy atom. The molecule has 0 amide bonds. The highest BCUT2D eigenvalue weighted by Gasteiger charge is 2.55. The van der Waals surface area contributed by atoms with Crippen LogP contribution in [-0.2, 0) is 15.7 Å². The van der Waals surface area contributed by atoms with Crippen LogP contribution in [0.25, 0.3) is 0 Å². The summed E-state index contributed by atoms with van der Waals surface area (Å²) < 4.78 is 56.4. The van der Waals surface area contributed by atoms with Crippen molar-refractivity contribution in [2.24, 2.45) is 15.4 Å². The minimum absolute atomic E-state index is 0.115. The largest absolute Gasteiger partial charge is 0.479 e. The Labute approximate surface area is 215 Å². The zero-order chi connectivity index (χ0) is 27.9. The number of alkyl halides is 3. The molecule has 0 spiro atoms. The number of aliphatic hydroxyl groups is 1.